The van der Waals surface area contributed by atoms with E-state index in [0.717, 1.165) is 54.6 Å². The van der Waals surface area contributed by atoms with Gasteiger partial charge < -0.3 is 19.9 Å². The molecule has 1 aliphatic heterocycles. The Bertz CT molecular complexity index is 804. The minimum absolute atomic E-state index is 0.405. The third-order valence-corrected chi connectivity index (χ3v) is 5.92. The van der Waals surface area contributed by atoms with Crippen LogP contribution in [0.3, 0.4) is 0 Å². The molecule has 1 N–H and O–H groups in total. The molecule has 28 heavy (non-hydrogen) atoms. The molecule has 0 bridgehead atoms. The molecule has 1 fully saturated rings. The fourth-order valence-electron chi connectivity index (χ4n) is 3.51. The van der Waals surface area contributed by atoms with E-state index in [4.69, 9.17) is 28.6 Å². The number of ether oxygens (including phenoxy) is 1. The molecule has 1 heterocycles. The first-order valence-corrected chi connectivity index (χ1v) is 10.4. The Balaban J connectivity index is 1.78. The van der Waals surface area contributed by atoms with Gasteiger partial charge in [0, 0.05) is 12.6 Å². The number of nitrogens with one attached hydrogen (secondary N) is 1. The van der Waals surface area contributed by atoms with Crippen molar-refractivity contribution < 1.29 is 4.74 Å². The van der Waals surface area contributed by atoms with Gasteiger partial charge in [-0.1, -0.05) is 29.8 Å². The molecule has 2 aromatic rings. The Labute approximate surface area is 178 Å². The van der Waals surface area contributed by atoms with E-state index in [9.17, 15) is 0 Å². The molecule has 0 aromatic heterocycles. The van der Waals surface area contributed by atoms with E-state index in [1.807, 2.05) is 37.3 Å². The summed E-state index contributed by atoms with van der Waals surface area (Å²) >= 11 is 12.2. The topological polar surface area (TPSA) is 27.7 Å². The molecular formula is C22H28ClN3OS. The average molecular weight is 418 g/mol. The molecule has 6 heteroatoms. The normalized spacial score (nSPS) is 15.3. The standard InChI is InChI=1S/C22H28ClN3OS/c1-16-4-9-21(20(23)14-16)24-22(28)26(18-10-12-25(2)13-11-18)15-17-5-7-19(27-3)8-6-17/h4-9,14,18H,10-13,15H2,1-3H3,(H,24,28). The number of nitrogens with zero attached hydrogens (tertiary/aromatic N) is 2. The van der Waals surface area contributed by atoms with Crippen LogP contribution < -0.4 is 10.1 Å². The first kappa shape index (κ1) is 20.9. The summed E-state index contributed by atoms with van der Waals surface area (Å²) in [6, 6.07) is 14.6. The molecule has 0 radical (unpaired) electrons. The molecule has 1 saturated heterocycles. The summed E-state index contributed by atoms with van der Waals surface area (Å²) in [6.07, 6.45) is 2.19. The molecule has 0 spiro atoms. The number of aryl methyl sites for hydroxylation is 1. The fourth-order valence-corrected chi connectivity index (χ4v) is 4.12. The van der Waals surface area contributed by atoms with E-state index in [2.05, 4.69) is 34.3 Å². The van der Waals surface area contributed by atoms with Crippen molar-refractivity contribution in [3.63, 3.8) is 0 Å². The molecule has 0 amide bonds. The Morgan fingerprint density at radius 2 is 1.89 bits per heavy atom. The number of piperidine rings is 1. The second-order valence-corrected chi connectivity index (χ2v) is 8.22. The smallest absolute Gasteiger partial charge is 0.174 e. The van der Waals surface area contributed by atoms with Gasteiger partial charge in [-0.05, 0) is 87.5 Å². The predicted molar refractivity (Wildman–Crippen MR) is 121 cm³/mol. The van der Waals surface area contributed by atoms with Crippen LogP contribution in [0, 0.1) is 6.92 Å². The van der Waals surface area contributed by atoms with E-state index in [-0.39, 0.29) is 0 Å². The maximum absolute atomic E-state index is 6.42. The summed E-state index contributed by atoms with van der Waals surface area (Å²) in [5, 5.41) is 4.78. The van der Waals surface area contributed by atoms with Gasteiger partial charge in [0.15, 0.2) is 5.11 Å². The summed E-state index contributed by atoms with van der Waals surface area (Å²) < 4.78 is 5.28. The van der Waals surface area contributed by atoms with Gasteiger partial charge in [0.25, 0.3) is 0 Å². The monoisotopic (exact) mass is 417 g/mol. The molecule has 0 atom stereocenters. The molecule has 4 nitrogen and oxygen atoms in total. The summed E-state index contributed by atoms with van der Waals surface area (Å²) in [4.78, 5) is 4.68. The van der Waals surface area contributed by atoms with Crippen LogP contribution in [-0.4, -0.2) is 48.2 Å². The second-order valence-electron chi connectivity index (χ2n) is 7.42. The van der Waals surface area contributed by atoms with Gasteiger partial charge in [-0.25, -0.2) is 0 Å². The van der Waals surface area contributed by atoms with Crippen LogP contribution >= 0.6 is 23.8 Å². The van der Waals surface area contributed by atoms with E-state index < -0.39 is 0 Å². The number of hydrogen-bond acceptors (Lipinski definition) is 3. The minimum atomic E-state index is 0.405. The van der Waals surface area contributed by atoms with Gasteiger partial charge in [0.05, 0.1) is 17.8 Å². The summed E-state index contributed by atoms with van der Waals surface area (Å²) in [5.41, 5.74) is 3.19. The number of anilines is 1. The summed E-state index contributed by atoms with van der Waals surface area (Å²) in [6.45, 7) is 4.95. The van der Waals surface area contributed by atoms with Crippen LogP contribution in [0.25, 0.3) is 0 Å². The van der Waals surface area contributed by atoms with Crippen molar-refractivity contribution >= 4 is 34.6 Å². The highest BCUT2D eigenvalue weighted by Gasteiger charge is 2.25. The third-order valence-electron chi connectivity index (χ3n) is 5.27. The molecule has 0 unspecified atom stereocenters. The highest BCUT2D eigenvalue weighted by atomic mass is 35.5. The maximum atomic E-state index is 6.42. The van der Waals surface area contributed by atoms with E-state index in [0.29, 0.717) is 11.1 Å². The molecule has 2 aromatic carbocycles. The van der Waals surface area contributed by atoms with Gasteiger partial charge in [0.1, 0.15) is 5.75 Å². The summed E-state index contributed by atoms with van der Waals surface area (Å²) in [7, 11) is 3.86. The van der Waals surface area contributed by atoms with Gasteiger partial charge in [0.2, 0.25) is 0 Å². The van der Waals surface area contributed by atoms with Crippen molar-refractivity contribution in [2.45, 2.75) is 32.4 Å². The third kappa shape index (κ3) is 5.37. The number of halogens is 1. The molecule has 1 aliphatic rings. The van der Waals surface area contributed by atoms with Crippen LogP contribution in [-0.2, 0) is 6.54 Å². The van der Waals surface area contributed by atoms with Crippen molar-refractivity contribution in [1.29, 1.82) is 0 Å². The first-order valence-electron chi connectivity index (χ1n) is 9.61. The molecular weight excluding hydrogens is 390 g/mol. The SMILES string of the molecule is COc1ccc(CN(C(=S)Nc2ccc(C)cc2Cl)C2CCN(C)CC2)cc1. The van der Waals surface area contributed by atoms with Crippen LogP contribution in [0.2, 0.25) is 5.02 Å². The van der Waals surface area contributed by atoms with Crippen molar-refractivity contribution in [2.75, 3.05) is 32.6 Å². The number of rotatable bonds is 5. The van der Waals surface area contributed by atoms with E-state index in [1.165, 1.54) is 5.56 Å². The summed E-state index contributed by atoms with van der Waals surface area (Å²) in [5.74, 6) is 0.863. The van der Waals surface area contributed by atoms with Crippen molar-refractivity contribution in [2.24, 2.45) is 0 Å². The van der Waals surface area contributed by atoms with Gasteiger partial charge in [-0.15, -0.1) is 0 Å². The Morgan fingerprint density at radius 3 is 2.50 bits per heavy atom. The lowest BCUT2D eigenvalue weighted by Crippen LogP contribution is -2.47. The highest BCUT2D eigenvalue weighted by Crippen LogP contribution is 2.25. The molecule has 0 aliphatic carbocycles. The van der Waals surface area contributed by atoms with Crippen molar-refractivity contribution in [3.8, 4) is 5.75 Å². The number of likely N-dealkylation sites (tertiary alicyclic amines) is 1. The molecule has 150 valence electrons. The first-order chi connectivity index (χ1) is 13.5. The van der Waals surface area contributed by atoms with Crippen LogP contribution in [0.5, 0.6) is 5.75 Å². The van der Waals surface area contributed by atoms with Crippen LogP contribution in [0.15, 0.2) is 42.5 Å². The number of hydrogen-bond donors (Lipinski definition) is 1. The number of benzene rings is 2. The lowest BCUT2D eigenvalue weighted by molar-refractivity contribution is 0.173. The predicted octanol–water partition coefficient (Wildman–Crippen LogP) is 4.95. The number of thiocarbonyl (C=S) groups is 1. The zero-order chi connectivity index (χ0) is 20.1. The van der Waals surface area contributed by atoms with E-state index in [1.54, 1.807) is 7.11 Å². The van der Waals surface area contributed by atoms with E-state index >= 15 is 0 Å². The van der Waals surface area contributed by atoms with Crippen molar-refractivity contribution in [1.82, 2.24) is 9.80 Å². The van der Waals surface area contributed by atoms with Crippen molar-refractivity contribution in [3.05, 3.63) is 58.6 Å². The van der Waals surface area contributed by atoms with Crippen LogP contribution in [0.1, 0.15) is 24.0 Å². The molecule has 3 rings (SSSR count). The Hall–Kier alpha value is -1.82. The lowest BCUT2D eigenvalue weighted by Gasteiger charge is -2.39. The van der Waals surface area contributed by atoms with Gasteiger partial charge >= 0.3 is 0 Å². The minimum Gasteiger partial charge on any atom is -0.497 e. The zero-order valence-electron chi connectivity index (χ0n) is 16.7. The van der Waals surface area contributed by atoms with Gasteiger partial charge in [-0.3, -0.25) is 0 Å². The average Bonchev–Trinajstić information content (AvgIpc) is 2.69. The maximum Gasteiger partial charge on any atom is 0.174 e. The zero-order valence-corrected chi connectivity index (χ0v) is 18.3. The number of methoxy groups -OCH3 is 1. The fraction of sp³-hybridized carbons (Fsp3) is 0.409. The largest absolute Gasteiger partial charge is 0.497 e. The highest BCUT2D eigenvalue weighted by molar-refractivity contribution is 7.80. The van der Waals surface area contributed by atoms with Gasteiger partial charge in [-0.2, -0.15) is 0 Å². The second kappa shape index (κ2) is 9.59. The Morgan fingerprint density at radius 1 is 1.21 bits per heavy atom. The lowest BCUT2D eigenvalue weighted by atomic mass is 10.0. The van der Waals surface area contributed by atoms with Crippen LogP contribution in [0.4, 0.5) is 5.69 Å². The quantitative estimate of drug-likeness (QED) is 0.695. The Kier molecular flexibility index (Phi) is 7.16. The molecule has 0 saturated carbocycles.